The number of aryl methyl sites for hydroxylation is 1. The molecule has 1 aromatic rings. The van der Waals surface area contributed by atoms with Crippen LogP contribution in [0.15, 0.2) is 24.3 Å². The van der Waals surface area contributed by atoms with Gasteiger partial charge in [0.2, 0.25) is 0 Å². The largest absolute Gasteiger partial charge is 0.390 e. The number of carbonyl (C=O) groups excluding carboxylic acids is 1. The third-order valence-corrected chi connectivity index (χ3v) is 4.29. The summed E-state index contributed by atoms with van der Waals surface area (Å²) in [7, 11) is 0. The van der Waals surface area contributed by atoms with E-state index < -0.39 is 5.60 Å². The van der Waals surface area contributed by atoms with Crippen LogP contribution in [0.3, 0.4) is 0 Å². The van der Waals surface area contributed by atoms with Gasteiger partial charge >= 0.3 is 0 Å². The van der Waals surface area contributed by atoms with Crippen LogP contribution in [0.1, 0.15) is 77.3 Å². The van der Waals surface area contributed by atoms with Crippen LogP contribution in [0.25, 0.3) is 0 Å². The molecule has 0 radical (unpaired) electrons. The molecule has 0 bridgehead atoms. The summed E-state index contributed by atoms with van der Waals surface area (Å²) in [4.78, 5) is 12.5. The summed E-state index contributed by atoms with van der Waals surface area (Å²) in [6, 6.07) is 8.42. The first kappa shape index (κ1) is 18.9. The Balaban J connectivity index is 2.90. The van der Waals surface area contributed by atoms with Crippen LogP contribution in [-0.4, -0.2) is 16.5 Å². The Kier molecular flexibility index (Phi) is 6.37. The Labute approximate surface area is 135 Å². The molecule has 0 amide bonds. The van der Waals surface area contributed by atoms with E-state index in [0.717, 1.165) is 6.42 Å². The molecule has 1 unspecified atom stereocenters. The van der Waals surface area contributed by atoms with Crippen molar-refractivity contribution in [2.24, 2.45) is 5.41 Å². The minimum Gasteiger partial charge on any atom is -0.390 e. The van der Waals surface area contributed by atoms with Gasteiger partial charge in [0.15, 0.2) is 0 Å². The number of rotatable bonds is 7. The van der Waals surface area contributed by atoms with Crippen LogP contribution >= 0.6 is 0 Å². The number of hydrogen-bond donors (Lipinski definition) is 1. The third-order valence-electron chi connectivity index (χ3n) is 4.29. The number of aliphatic hydroxyl groups is 1. The van der Waals surface area contributed by atoms with Crippen LogP contribution in [0.5, 0.6) is 0 Å². The molecule has 1 rings (SSSR count). The number of Topliss-reactive ketones (excluding diaryl/α,β-unsaturated/α-hetero) is 1. The monoisotopic (exact) mass is 304 g/mol. The summed E-state index contributed by atoms with van der Waals surface area (Å²) in [5.41, 5.74) is 1.58. The van der Waals surface area contributed by atoms with Crippen molar-refractivity contribution in [3.05, 3.63) is 35.4 Å². The Morgan fingerprint density at radius 3 is 2.36 bits per heavy atom. The highest BCUT2D eigenvalue weighted by molar-refractivity contribution is 5.80. The highest BCUT2D eigenvalue weighted by Gasteiger charge is 2.31. The first-order chi connectivity index (χ1) is 10.0. The lowest BCUT2D eigenvalue weighted by Crippen LogP contribution is -2.30. The molecule has 2 nitrogen and oxygen atoms in total. The molecule has 0 heterocycles. The third kappa shape index (κ3) is 5.92. The van der Waals surface area contributed by atoms with Gasteiger partial charge < -0.3 is 5.11 Å². The average molecular weight is 304 g/mol. The predicted molar refractivity (Wildman–Crippen MR) is 93.1 cm³/mol. The summed E-state index contributed by atoms with van der Waals surface area (Å²) in [5.74, 6) is 0.331. The summed E-state index contributed by atoms with van der Waals surface area (Å²) in [5, 5.41) is 10.3. The molecule has 124 valence electrons. The molecule has 1 N–H and O–H groups in total. The molecule has 0 saturated carbocycles. The van der Waals surface area contributed by atoms with Crippen LogP contribution in [-0.2, 0) is 4.79 Å². The molecule has 0 fully saturated rings. The van der Waals surface area contributed by atoms with Gasteiger partial charge in [0.05, 0.1) is 5.60 Å². The molecule has 0 saturated heterocycles. The van der Waals surface area contributed by atoms with Crippen molar-refractivity contribution in [1.82, 2.24) is 0 Å². The zero-order valence-electron chi connectivity index (χ0n) is 15.1. The van der Waals surface area contributed by atoms with E-state index in [1.54, 1.807) is 6.92 Å². The molecule has 2 heteroatoms. The van der Waals surface area contributed by atoms with Crippen molar-refractivity contribution in [3.63, 3.8) is 0 Å². The maximum Gasteiger partial charge on any atom is 0.136 e. The topological polar surface area (TPSA) is 37.3 Å². The smallest absolute Gasteiger partial charge is 0.136 e. The zero-order chi connectivity index (χ0) is 17.0. The van der Waals surface area contributed by atoms with Crippen molar-refractivity contribution < 1.29 is 9.90 Å². The van der Waals surface area contributed by atoms with Crippen molar-refractivity contribution in [2.75, 3.05) is 0 Å². The van der Waals surface area contributed by atoms with E-state index in [9.17, 15) is 9.90 Å². The molecule has 1 aromatic carbocycles. The normalized spacial score (nSPS) is 16.1. The van der Waals surface area contributed by atoms with E-state index in [4.69, 9.17) is 0 Å². The Bertz CT molecular complexity index is 495. The van der Waals surface area contributed by atoms with Crippen molar-refractivity contribution in [1.29, 1.82) is 0 Å². The van der Waals surface area contributed by atoms with E-state index in [-0.39, 0.29) is 23.5 Å². The maximum atomic E-state index is 12.5. The van der Waals surface area contributed by atoms with Crippen LogP contribution < -0.4 is 0 Å². The molecule has 0 aliphatic rings. The molecular weight excluding hydrogens is 272 g/mol. The van der Waals surface area contributed by atoms with E-state index >= 15 is 0 Å². The Morgan fingerprint density at radius 2 is 1.86 bits per heavy atom. The lowest BCUT2D eigenvalue weighted by molar-refractivity contribution is -0.124. The molecule has 2 atom stereocenters. The van der Waals surface area contributed by atoms with Gasteiger partial charge in [0.25, 0.3) is 0 Å². The zero-order valence-corrected chi connectivity index (χ0v) is 15.1. The van der Waals surface area contributed by atoms with Gasteiger partial charge in [-0.15, -0.1) is 0 Å². The lowest BCUT2D eigenvalue weighted by atomic mass is 9.73. The van der Waals surface area contributed by atoms with Crippen LogP contribution in [0.2, 0.25) is 0 Å². The number of hydrogen-bond acceptors (Lipinski definition) is 2. The summed E-state index contributed by atoms with van der Waals surface area (Å²) in [6.07, 6.45) is 2.30. The molecule has 0 spiro atoms. The number of ketones is 1. The fourth-order valence-electron chi connectivity index (χ4n) is 3.16. The Morgan fingerprint density at radius 1 is 1.23 bits per heavy atom. The number of carbonyl (C=O) groups is 1. The minimum atomic E-state index is -0.874. The molecule has 22 heavy (non-hydrogen) atoms. The fourth-order valence-corrected chi connectivity index (χ4v) is 3.16. The molecule has 0 aliphatic carbocycles. The second-order valence-electron chi connectivity index (χ2n) is 8.00. The van der Waals surface area contributed by atoms with Gasteiger partial charge in [0.1, 0.15) is 5.78 Å². The summed E-state index contributed by atoms with van der Waals surface area (Å²) in [6.45, 7) is 12.4. The SMILES string of the molecule is CCCC(C)(O)CC(=O)C[C@H](c1cccc(C)c1)C(C)(C)C. The standard InChI is InChI=1S/C20H32O2/c1-7-11-20(6,22)14-17(21)13-18(19(3,4)5)16-10-8-9-15(2)12-16/h8-10,12,18,22H,7,11,13-14H2,1-6H3/t18-,20?/m1/s1. The Hall–Kier alpha value is -1.15. The van der Waals surface area contributed by atoms with Gasteiger partial charge in [-0.3, -0.25) is 4.79 Å². The average Bonchev–Trinajstić information content (AvgIpc) is 2.33. The second-order valence-corrected chi connectivity index (χ2v) is 8.00. The van der Waals surface area contributed by atoms with E-state index in [1.807, 2.05) is 6.92 Å². The van der Waals surface area contributed by atoms with Gasteiger partial charge in [-0.1, -0.05) is 63.9 Å². The first-order valence-electron chi connectivity index (χ1n) is 8.36. The second kappa shape index (κ2) is 7.41. The summed E-state index contributed by atoms with van der Waals surface area (Å²) < 4.78 is 0. The van der Waals surface area contributed by atoms with Gasteiger partial charge in [0, 0.05) is 12.8 Å². The van der Waals surface area contributed by atoms with E-state index in [1.165, 1.54) is 11.1 Å². The van der Waals surface area contributed by atoms with Crippen molar-refractivity contribution >= 4 is 5.78 Å². The minimum absolute atomic E-state index is 0.0140. The van der Waals surface area contributed by atoms with Gasteiger partial charge in [-0.05, 0) is 37.2 Å². The number of benzene rings is 1. The van der Waals surface area contributed by atoms with Crippen molar-refractivity contribution in [3.8, 4) is 0 Å². The molecular formula is C20H32O2. The first-order valence-corrected chi connectivity index (χ1v) is 8.36. The highest BCUT2D eigenvalue weighted by atomic mass is 16.3. The van der Waals surface area contributed by atoms with E-state index in [0.29, 0.717) is 12.8 Å². The van der Waals surface area contributed by atoms with Crippen molar-refractivity contribution in [2.45, 2.75) is 78.7 Å². The maximum absolute atomic E-state index is 12.5. The summed E-state index contributed by atoms with van der Waals surface area (Å²) >= 11 is 0. The molecule has 0 aromatic heterocycles. The van der Waals surface area contributed by atoms with Crippen LogP contribution in [0.4, 0.5) is 0 Å². The van der Waals surface area contributed by atoms with E-state index in [2.05, 4.69) is 52.0 Å². The van der Waals surface area contributed by atoms with Gasteiger partial charge in [-0.2, -0.15) is 0 Å². The molecule has 0 aliphatic heterocycles. The fraction of sp³-hybridized carbons (Fsp3) is 0.650. The highest BCUT2D eigenvalue weighted by Crippen LogP contribution is 2.39. The predicted octanol–water partition coefficient (Wildman–Crippen LogP) is 5.03. The van der Waals surface area contributed by atoms with Crippen LogP contribution in [0, 0.1) is 12.3 Å². The lowest BCUT2D eigenvalue weighted by Gasteiger charge is -2.32. The quantitative estimate of drug-likeness (QED) is 0.767. The van der Waals surface area contributed by atoms with Gasteiger partial charge in [-0.25, -0.2) is 0 Å².